The summed E-state index contributed by atoms with van der Waals surface area (Å²) in [4.78, 5) is 16.1. The monoisotopic (exact) mass is 331 g/mol. The van der Waals surface area contributed by atoms with E-state index in [0.717, 1.165) is 16.6 Å². The third-order valence-electron chi connectivity index (χ3n) is 3.61. The van der Waals surface area contributed by atoms with Crippen molar-refractivity contribution < 1.29 is 4.79 Å². The summed E-state index contributed by atoms with van der Waals surface area (Å²) >= 11 is 4.76. The van der Waals surface area contributed by atoms with Crippen LogP contribution in [0.1, 0.15) is 38.5 Å². The quantitative estimate of drug-likeness (QED) is 0.890. The minimum atomic E-state index is 0.0107. The Labute approximate surface area is 119 Å². The molecule has 4 nitrogen and oxygen atoms in total. The first-order chi connectivity index (χ1) is 8.63. The van der Waals surface area contributed by atoms with Crippen molar-refractivity contribution in [3.63, 3.8) is 0 Å². The summed E-state index contributed by atoms with van der Waals surface area (Å²) in [5, 5.41) is 3.50. The smallest absolute Gasteiger partial charge is 0.226 e. The van der Waals surface area contributed by atoms with Gasteiger partial charge in [-0.25, -0.2) is 4.98 Å². The Morgan fingerprint density at radius 2 is 2.22 bits per heavy atom. The number of anilines is 1. The zero-order chi connectivity index (χ0) is 13.0. The largest absolute Gasteiger partial charge is 0.330 e. The molecule has 0 radical (unpaired) electrons. The van der Waals surface area contributed by atoms with Crippen LogP contribution >= 0.6 is 27.3 Å². The minimum absolute atomic E-state index is 0.0107. The average Bonchev–Trinajstić information content (AvgIpc) is 2.75. The highest BCUT2D eigenvalue weighted by Gasteiger charge is 2.33. The van der Waals surface area contributed by atoms with Gasteiger partial charge in [-0.1, -0.05) is 30.6 Å². The van der Waals surface area contributed by atoms with Crippen LogP contribution in [0.2, 0.25) is 0 Å². The average molecular weight is 332 g/mol. The first-order valence-corrected chi connectivity index (χ1v) is 7.86. The molecule has 1 heterocycles. The van der Waals surface area contributed by atoms with Crippen molar-refractivity contribution in [2.24, 2.45) is 11.1 Å². The lowest BCUT2D eigenvalue weighted by molar-refractivity contribution is -0.118. The number of hydrogen-bond donors (Lipinski definition) is 2. The standard InChI is InChI=1S/C12H18BrN3OS/c13-9-7-15-11(18-9)16-10(17)6-12(8-14)4-2-1-3-5-12/h7H,1-6,8,14H2,(H,15,16,17). The van der Waals surface area contributed by atoms with Crippen molar-refractivity contribution in [1.29, 1.82) is 0 Å². The molecule has 6 heteroatoms. The molecule has 2 rings (SSSR count). The van der Waals surface area contributed by atoms with Gasteiger partial charge in [0.25, 0.3) is 0 Å². The summed E-state index contributed by atoms with van der Waals surface area (Å²) in [5.74, 6) is 0.0317. The topological polar surface area (TPSA) is 68.0 Å². The second-order valence-corrected chi connectivity index (χ2v) is 7.37. The maximum atomic E-state index is 12.0. The number of nitrogens with two attached hydrogens (primary N) is 1. The maximum Gasteiger partial charge on any atom is 0.226 e. The van der Waals surface area contributed by atoms with Gasteiger partial charge in [0.15, 0.2) is 5.13 Å². The highest BCUT2D eigenvalue weighted by atomic mass is 79.9. The van der Waals surface area contributed by atoms with Crippen molar-refractivity contribution in [2.75, 3.05) is 11.9 Å². The van der Waals surface area contributed by atoms with Crippen molar-refractivity contribution >= 4 is 38.3 Å². The molecule has 100 valence electrons. The molecule has 1 aliphatic rings. The van der Waals surface area contributed by atoms with Gasteiger partial charge in [-0.3, -0.25) is 4.79 Å². The molecular formula is C12H18BrN3OS. The van der Waals surface area contributed by atoms with E-state index < -0.39 is 0 Å². The van der Waals surface area contributed by atoms with Crippen LogP contribution in [0.15, 0.2) is 9.98 Å². The Hall–Kier alpha value is -0.460. The molecule has 0 aromatic carbocycles. The Kier molecular flexibility index (Phi) is 4.75. The van der Waals surface area contributed by atoms with Crippen LogP contribution in [0.5, 0.6) is 0 Å². The van der Waals surface area contributed by atoms with E-state index in [0.29, 0.717) is 18.1 Å². The Balaban J connectivity index is 1.93. The third kappa shape index (κ3) is 3.52. The van der Waals surface area contributed by atoms with E-state index in [2.05, 4.69) is 26.2 Å². The van der Waals surface area contributed by atoms with Crippen LogP contribution < -0.4 is 11.1 Å². The number of thiazole rings is 1. The number of carbonyl (C=O) groups excluding carboxylic acids is 1. The molecule has 0 aliphatic heterocycles. The van der Waals surface area contributed by atoms with Crippen LogP contribution in [0.4, 0.5) is 5.13 Å². The van der Waals surface area contributed by atoms with Crippen LogP contribution in [-0.4, -0.2) is 17.4 Å². The van der Waals surface area contributed by atoms with Crippen molar-refractivity contribution in [3.8, 4) is 0 Å². The second-order valence-electron chi connectivity index (χ2n) is 4.96. The number of hydrogen-bond acceptors (Lipinski definition) is 4. The molecule has 1 aromatic rings. The summed E-state index contributed by atoms with van der Waals surface area (Å²) in [6.07, 6.45) is 7.99. The Bertz CT molecular complexity index is 415. The molecule has 3 N–H and O–H groups in total. The fraction of sp³-hybridized carbons (Fsp3) is 0.667. The summed E-state index contributed by atoms with van der Waals surface area (Å²) in [6.45, 7) is 0.599. The van der Waals surface area contributed by atoms with Gasteiger partial charge in [-0.05, 0) is 40.7 Å². The van der Waals surface area contributed by atoms with Gasteiger partial charge in [0.05, 0.1) is 9.98 Å². The SMILES string of the molecule is NCC1(CC(=O)Nc2ncc(Br)s2)CCCCC1. The van der Waals surface area contributed by atoms with Gasteiger partial charge in [-0.15, -0.1) is 0 Å². The van der Waals surface area contributed by atoms with Gasteiger partial charge in [0.2, 0.25) is 5.91 Å². The summed E-state index contributed by atoms with van der Waals surface area (Å²) < 4.78 is 0.920. The fourth-order valence-corrected chi connectivity index (χ4v) is 3.69. The Morgan fingerprint density at radius 3 is 2.78 bits per heavy atom. The molecule has 0 saturated heterocycles. The van der Waals surface area contributed by atoms with Gasteiger partial charge in [0, 0.05) is 6.42 Å². The van der Waals surface area contributed by atoms with Gasteiger partial charge in [0.1, 0.15) is 0 Å². The summed E-state index contributed by atoms with van der Waals surface area (Å²) in [6, 6.07) is 0. The zero-order valence-electron chi connectivity index (χ0n) is 10.2. The number of aromatic nitrogens is 1. The lowest BCUT2D eigenvalue weighted by atomic mass is 9.72. The predicted molar refractivity (Wildman–Crippen MR) is 77.6 cm³/mol. The molecule has 1 aromatic heterocycles. The number of nitrogens with zero attached hydrogens (tertiary/aromatic N) is 1. The first kappa shape index (κ1) is 14.0. The molecule has 0 bridgehead atoms. The van der Waals surface area contributed by atoms with Crippen LogP contribution in [-0.2, 0) is 4.79 Å². The van der Waals surface area contributed by atoms with Crippen LogP contribution in [0.3, 0.4) is 0 Å². The van der Waals surface area contributed by atoms with E-state index in [9.17, 15) is 4.79 Å². The molecule has 0 spiro atoms. The Morgan fingerprint density at radius 1 is 1.50 bits per heavy atom. The predicted octanol–water partition coefficient (Wildman–Crippen LogP) is 3.14. The van der Waals surface area contributed by atoms with E-state index >= 15 is 0 Å². The molecule has 1 saturated carbocycles. The molecule has 0 unspecified atom stereocenters. The van der Waals surface area contributed by atoms with Crippen molar-refractivity contribution in [1.82, 2.24) is 4.98 Å². The lowest BCUT2D eigenvalue weighted by Crippen LogP contribution is -2.36. The number of halogens is 1. The summed E-state index contributed by atoms with van der Waals surface area (Å²) in [7, 11) is 0. The molecule has 18 heavy (non-hydrogen) atoms. The van der Waals surface area contributed by atoms with E-state index in [4.69, 9.17) is 5.73 Å². The van der Waals surface area contributed by atoms with Crippen LogP contribution in [0.25, 0.3) is 0 Å². The number of carbonyl (C=O) groups is 1. The second kappa shape index (κ2) is 6.12. The first-order valence-electron chi connectivity index (χ1n) is 6.25. The highest BCUT2D eigenvalue weighted by Crippen LogP contribution is 2.38. The van der Waals surface area contributed by atoms with Gasteiger partial charge < -0.3 is 11.1 Å². The fourth-order valence-electron chi connectivity index (χ4n) is 2.57. The zero-order valence-corrected chi connectivity index (χ0v) is 12.6. The van der Waals surface area contributed by atoms with E-state index in [-0.39, 0.29) is 11.3 Å². The summed E-state index contributed by atoms with van der Waals surface area (Å²) in [5.41, 5.74) is 5.89. The van der Waals surface area contributed by atoms with Crippen molar-refractivity contribution in [3.05, 3.63) is 9.98 Å². The minimum Gasteiger partial charge on any atom is -0.330 e. The van der Waals surface area contributed by atoms with Crippen molar-refractivity contribution in [2.45, 2.75) is 38.5 Å². The van der Waals surface area contributed by atoms with Gasteiger partial charge in [-0.2, -0.15) is 0 Å². The molecular weight excluding hydrogens is 314 g/mol. The normalized spacial score (nSPS) is 18.6. The number of amides is 1. The molecule has 1 amide bonds. The van der Waals surface area contributed by atoms with E-state index in [1.165, 1.54) is 30.6 Å². The highest BCUT2D eigenvalue weighted by molar-refractivity contribution is 9.11. The molecule has 0 atom stereocenters. The number of rotatable bonds is 4. The third-order valence-corrected chi connectivity index (χ3v) is 5.00. The lowest BCUT2D eigenvalue weighted by Gasteiger charge is -2.35. The molecule has 1 fully saturated rings. The van der Waals surface area contributed by atoms with E-state index in [1.807, 2.05) is 0 Å². The molecule has 1 aliphatic carbocycles. The van der Waals surface area contributed by atoms with Gasteiger partial charge >= 0.3 is 0 Å². The number of nitrogens with one attached hydrogen (secondary N) is 1. The van der Waals surface area contributed by atoms with E-state index in [1.54, 1.807) is 6.20 Å². The van der Waals surface area contributed by atoms with Crippen LogP contribution in [0, 0.1) is 5.41 Å². The maximum absolute atomic E-state index is 12.0.